The van der Waals surface area contributed by atoms with Crippen LogP contribution in [-0.4, -0.2) is 68.5 Å². The third-order valence-electron chi connectivity index (χ3n) is 6.73. The highest BCUT2D eigenvalue weighted by Gasteiger charge is 2.40. The molecule has 1 unspecified atom stereocenters. The van der Waals surface area contributed by atoms with Crippen molar-refractivity contribution in [1.29, 1.82) is 0 Å². The van der Waals surface area contributed by atoms with Crippen LogP contribution in [0.15, 0.2) is 17.0 Å². The zero-order chi connectivity index (χ0) is 26.6. The van der Waals surface area contributed by atoms with Gasteiger partial charge in [-0.05, 0) is 42.2 Å². The van der Waals surface area contributed by atoms with Gasteiger partial charge in [-0.15, -0.1) is 46.9 Å². The van der Waals surface area contributed by atoms with Crippen LogP contribution in [0.5, 0.6) is 0 Å². The van der Waals surface area contributed by atoms with Crippen molar-refractivity contribution < 1.29 is 14.3 Å². The SMILES string of the molecule is CN(C)c1cc2c(s1)-c1sc(/C=C3\SC(S)N(CCOCCOCCCCCCCl)C3=O)cc1C2(C)C. The van der Waals surface area contributed by atoms with Crippen LogP contribution in [-0.2, 0) is 19.7 Å². The van der Waals surface area contributed by atoms with Crippen molar-refractivity contribution in [2.24, 2.45) is 0 Å². The number of unbranched alkanes of at least 4 members (excludes halogenated alkanes) is 3. The van der Waals surface area contributed by atoms with Crippen molar-refractivity contribution in [1.82, 2.24) is 4.90 Å². The molecule has 1 amide bonds. The number of hydrogen-bond donors (Lipinski definition) is 1. The van der Waals surface area contributed by atoms with Crippen molar-refractivity contribution >= 4 is 75.6 Å². The second-order valence-electron chi connectivity index (χ2n) is 10.0. The molecule has 0 aromatic carbocycles. The summed E-state index contributed by atoms with van der Waals surface area (Å²) in [5, 5.41) is 1.28. The lowest BCUT2D eigenvalue weighted by Crippen LogP contribution is -2.33. The predicted molar refractivity (Wildman–Crippen MR) is 165 cm³/mol. The molecule has 1 saturated heterocycles. The molecule has 0 N–H and O–H groups in total. The van der Waals surface area contributed by atoms with Crippen LogP contribution >= 0.6 is 58.7 Å². The number of carbonyl (C=O) groups excluding carboxylic acids is 1. The Hall–Kier alpha value is -0.680. The predicted octanol–water partition coefficient (Wildman–Crippen LogP) is 7.14. The smallest absolute Gasteiger partial charge is 0.262 e. The minimum atomic E-state index is -0.193. The summed E-state index contributed by atoms with van der Waals surface area (Å²) < 4.78 is 11.1. The van der Waals surface area contributed by atoms with Crippen molar-refractivity contribution in [3.8, 4) is 9.75 Å². The van der Waals surface area contributed by atoms with Crippen molar-refractivity contribution in [3.05, 3.63) is 33.0 Å². The van der Waals surface area contributed by atoms with E-state index in [2.05, 4.69) is 57.6 Å². The molecule has 2 aliphatic rings. The molecule has 1 fully saturated rings. The molecule has 1 atom stereocenters. The maximum atomic E-state index is 13.1. The maximum Gasteiger partial charge on any atom is 0.262 e. The van der Waals surface area contributed by atoms with E-state index in [-0.39, 0.29) is 16.0 Å². The second kappa shape index (κ2) is 13.1. The van der Waals surface area contributed by atoms with Gasteiger partial charge in [0, 0.05) is 48.3 Å². The molecule has 4 rings (SSSR count). The number of hydrogen-bond acceptors (Lipinski definition) is 8. The fourth-order valence-electron chi connectivity index (χ4n) is 4.53. The largest absolute Gasteiger partial charge is 0.379 e. The Morgan fingerprint density at radius 3 is 2.43 bits per heavy atom. The number of anilines is 1. The van der Waals surface area contributed by atoms with Gasteiger partial charge in [0.25, 0.3) is 5.91 Å². The number of thiophene rings is 2. The van der Waals surface area contributed by atoms with Gasteiger partial charge in [-0.1, -0.05) is 38.5 Å². The van der Waals surface area contributed by atoms with Crippen LogP contribution < -0.4 is 4.90 Å². The summed E-state index contributed by atoms with van der Waals surface area (Å²) in [6.45, 7) is 7.46. The molecule has 0 saturated carbocycles. The van der Waals surface area contributed by atoms with Gasteiger partial charge in [-0.3, -0.25) is 4.79 Å². The third-order valence-corrected chi connectivity index (χ3v) is 11.2. The first-order valence-corrected chi connectivity index (χ1v) is 16.4. The van der Waals surface area contributed by atoms with E-state index in [1.807, 2.05) is 17.4 Å². The maximum absolute atomic E-state index is 13.1. The third kappa shape index (κ3) is 6.73. The topological polar surface area (TPSA) is 42.0 Å². The Labute approximate surface area is 243 Å². The number of fused-ring (bicyclic) bond motifs is 3. The molecule has 1 aliphatic heterocycles. The molecule has 37 heavy (non-hydrogen) atoms. The molecule has 1 aliphatic carbocycles. The van der Waals surface area contributed by atoms with Crippen LogP contribution in [0.1, 0.15) is 55.5 Å². The van der Waals surface area contributed by atoms with E-state index in [1.54, 1.807) is 16.2 Å². The van der Waals surface area contributed by atoms with Crippen molar-refractivity contribution in [2.45, 2.75) is 49.7 Å². The lowest BCUT2D eigenvalue weighted by Gasteiger charge is -2.19. The van der Waals surface area contributed by atoms with Gasteiger partial charge in [-0.25, -0.2) is 0 Å². The van der Waals surface area contributed by atoms with Crippen molar-refractivity contribution in [2.75, 3.05) is 57.8 Å². The number of amides is 1. The van der Waals surface area contributed by atoms with E-state index in [0.29, 0.717) is 26.4 Å². The Balaban J connectivity index is 1.28. The van der Waals surface area contributed by atoms with Crippen LogP contribution in [0.25, 0.3) is 15.8 Å². The molecule has 2 aromatic heterocycles. The van der Waals surface area contributed by atoms with E-state index in [4.69, 9.17) is 21.1 Å². The molecule has 204 valence electrons. The highest BCUT2D eigenvalue weighted by molar-refractivity contribution is 8.14. The molecule has 10 heteroatoms. The molecule has 5 nitrogen and oxygen atoms in total. The Bertz CT molecular complexity index is 1110. The molecule has 0 spiro atoms. The number of halogens is 1. The summed E-state index contributed by atoms with van der Waals surface area (Å²) in [5.74, 6) is 0.765. The monoisotopic (exact) mass is 600 g/mol. The Morgan fingerprint density at radius 1 is 1.03 bits per heavy atom. The van der Waals surface area contributed by atoms with Crippen LogP contribution in [0, 0.1) is 0 Å². The number of nitrogens with zero attached hydrogens (tertiary/aromatic N) is 2. The standard InChI is InChI=1S/C27H37ClN2O3S4/c1-27(2)19-15-18(35-23(19)24-20(27)17-22(37-24)29(3)4)16-21-25(31)30(26(34)36-21)10-12-33-14-13-32-11-8-6-5-7-9-28/h15-17,26,34H,5-14H2,1-4H3/b21-16-. The lowest BCUT2D eigenvalue weighted by atomic mass is 9.84. The first-order chi connectivity index (χ1) is 17.7. The number of carbonyl (C=O) groups is 1. The van der Waals surface area contributed by atoms with Crippen LogP contribution in [0.2, 0.25) is 0 Å². The normalized spacial score (nSPS) is 19.2. The fourth-order valence-corrected chi connectivity index (χ4v) is 8.99. The molecule has 0 radical (unpaired) electrons. The lowest BCUT2D eigenvalue weighted by molar-refractivity contribution is -0.125. The van der Waals surface area contributed by atoms with Crippen LogP contribution in [0.4, 0.5) is 5.00 Å². The van der Waals surface area contributed by atoms with Crippen LogP contribution in [0.3, 0.4) is 0 Å². The van der Waals surface area contributed by atoms with Gasteiger partial charge >= 0.3 is 0 Å². The number of alkyl halides is 1. The summed E-state index contributed by atoms with van der Waals surface area (Å²) in [4.78, 5) is 21.6. The van der Waals surface area contributed by atoms with E-state index in [0.717, 1.165) is 48.0 Å². The average Bonchev–Trinajstić information content (AvgIpc) is 3.58. The summed E-state index contributed by atoms with van der Waals surface area (Å²) in [6, 6.07) is 4.59. The minimum Gasteiger partial charge on any atom is -0.379 e. The summed E-state index contributed by atoms with van der Waals surface area (Å²) in [5.41, 5.74) is 2.73. The quantitative estimate of drug-likeness (QED) is 0.108. The van der Waals surface area contributed by atoms with Gasteiger partial charge in [0.15, 0.2) is 0 Å². The fraction of sp³-hybridized carbons (Fsp3) is 0.593. The molecule has 2 aromatic rings. The van der Waals surface area contributed by atoms with E-state index >= 15 is 0 Å². The van der Waals surface area contributed by atoms with Gasteiger partial charge in [0.1, 0.15) is 4.71 Å². The number of rotatable bonds is 14. The number of ether oxygens (including phenoxy) is 2. The minimum absolute atomic E-state index is 0.0289. The van der Waals surface area contributed by atoms with Gasteiger partial charge in [0.2, 0.25) is 0 Å². The van der Waals surface area contributed by atoms with Gasteiger partial charge in [0.05, 0.1) is 34.6 Å². The van der Waals surface area contributed by atoms with Crippen molar-refractivity contribution in [3.63, 3.8) is 0 Å². The first-order valence-electron chi connectivity index (χ1n) is 12.8. The average molecular weight is 601 g/mol. The van der Waals surface area contributed by atoms with Gasteiger partial charge < -0.3 is 19.3 Å². The number of thioether (sulfide) groups is 1. The van der Waals surface area contributed by atoms with E-state index < -0.39 is 0 Å². The highest BCUT2D eigenvalue weighted by Crippen LogP contribution is 2.57. The summed E-state index contributed by atoms with van der Waals surface area (Å²) in [6.07, 6.45) is 6.48. The summed E-state index contributed by atoms with van der Waals surface area (Å²) in [7, 11) is 4.18. The Morgan fingerprint density at radius 2 is 1.70 bits per heavy atom. The van der Waals surface area contributed by atoms with Gasteiger partial charge in [-0.2, -0.15) is 0 Å². The molecule has 0 bridgehead atoms. The molecular weight excluding hydrogens is 564 g/mol. The molecule has 3 heterocycles. The Kier molecular flexibility index (Phi) is 10.4. The highest BCUT2D eigenvalue weighted by atomic mass is 35.5. The number of thiol groups is 1. The second-order valence-corrected chi connectivity index (χ2v) is 14.5. The zero-order valence-corrected chi connectivity index (χ0v) is 26.1. The molecular formula is C27H37ClN2O3S4. The zero-order valence-electron chi connectivity index (χ0n) is 22.0. The van der Waals surface area contributed by atoms with E-state index in [9.17, 15) is 4.79 Å². The van der Waals surface area contributed by atoms with E-state index in [1.165, 1.54) is 37.6 Å². The summed E-state index contributed by atoms with van der Waals surface area (Å²) >= 11 is 15.5. The first kappa shape index (κ1) is 29.3.